The summed E-state index contributed by atoms with van der Waals surface area (Å²) in [5.41, 5.74) is 1.71. The summed E-state index contributed by atoms with van der Waals surface area (Å²) in [7, 11) is 0. The van der Waals surface area contributed by atoms with Gasteiger partial charge >= 0.3 is 0 Å². The Labute approximate surface area is 122 Å². The molecule has 0 aliphatic carbocycles. The zero-order chi connectivity index (χ0) is 15.3. The van der Waals surface area contributed by atoms with Crippen molar-refractivity contribution in [2.45, 2.75) is 40.0 Å². The molecule has 1 aromatic rings. The zero-order valence-electron chi connectivity index (χ0n) is 13.1. The summed E-state index contributed by atoms with van der Waals surface area (Å²) >= 11 is 0. The molecule has 20 heavy (non-hydrogen) atoms. The first kappa shape index (κ1) is 16.2. The van der Waals surface area contributed by atoms with Crippen LogP contribution in [-0.4, -0.2) is 23.9 Å². The molecule has 0 N–H and O–H groups in total. The van der Waals surface area contributed by atoms with Crippen LogP contribution in [0.4, 0.5) is 0 Å². The highest BCUT2D eigenvalue weighted by Gasteiger charge is 2.24. The molecule has 3 heteroatoms. The molecule has 0 spiro atoms. The normalized spacial score (nSPS) is 12.6. The van der Waals surface area contributed by atoms with Gasteiger partial charge in [0.25, 0.3) is 5.91 Å². The van der Waals surface area contributed by atoms with E-state index in [0.717, 1.165) is 11.1 Å². The molecule has 0 saturated carbocycles. The molecule has 0 aliphatic rings. The van der Waals surface area contributed by atoms with E-state index in [-0.39, 0.29) is 17.2 Å². The topological polar surface area (TPSA) is 44.1 Å². The number of hydrogen-bond acceptors (Lipinski definition) is 2. The van der Waals surface area contributed by atoms with Gasteiger partial charge in [-0.15, -0.1) is 0 Å². The van der Waals surface area contributed by atoms with Crippen LogP contribution in [0.2, 0.25) is 0 Å². The highest BCUT2D eigenvalue weighted by atomic mass is 16.2. The van der Waals surface area contributed by atoms with Crippen molar-refractivity contribution < 1.29 is 4.79 Å². The Morgan fingerprint density at radius 2 is 1.95 bits per heavy atom. The molecule has 1 atom stereocenters. The van der Waals surface area contributed by atoms with Crippen molar-refractivity contribution in [2.24, 2.45) is 5.92 Å². The number of nitrogens with zero attached hydrogens (tertiary/aromatic N) is 2. The number of amides is 1. The van der Waals surface area contributed by atoms with Crippen LogP contribution in [0.15, 0.2) is 24.3 Å². The van der Waals surface area contributed by atoms with Gasteiger partial charge < -0.3 is 4.90 Å². The van der Waals surface area contributed by atoms with Gasteiger partial charge in [0, 0.05) is 18.7 Å². The monoisotopic (exact) mass is 272 g/mol. The second-order valence-electron chi connectivity index (χ2n) is 6.17. The van der Waals surface area contributed by atoms with E-state index in [1.807, 2.05) is 38.1 Å². The van der Waals surface area contributed by atoms with Crippen molar-refractivity contribution in [1.82, 2.24) is 4.90 Å². The smallest absolute Gasteiger partial charge is 0.254 e. The minimum Gasteiger partial charge on any atom is -0.338 e. The van der Waals surface area contributed by atoms with Crippen LogP contribution in [0.25, 0.3) is 0 Å². The largest absolute Gasteiger partial charge is 0.338 e. The molecule has 0 radical (unpaired) electrons. The lowest BCUT2D eigenvalue weighted by Crippen LogP contribution is -2.35. The number of carbonyl (C=O) groups excluding carboxylic acids is 1. The lowest BCUT2D eigenvalue weighted by Gasteiger charge is -2.27. The molecule has 1 amide bonds. The second-order valence-corrected chi connectivity index (χ2v) is 6.17. The van der Waals surface area contributed by atoms with Crippen LogP contribution in [0, 0.1) is 17.2 Å². The Kier molecular flexibility index (Phi) is 5.33. The highest BCUT2D eigenvalue weighted by molar-refractivity contribution is 5.96. The van der Waals surface area contributed by atoms with Gasteiger partial charge in [0.1, 0.15) is 0 Å². The summed E-state index contributed by atoms with van der Waals surface area (Å²) in [6, 6.07) is 9.93. The van der Waals surface area contributed by atoms with Gasteiger partial charge in [0.2, 0.25) is 0 Å². The third-order valence-corrected chi connectivity index (χ3v) is 3.35. The SMILES string of the molecule is CCN(CC(C)C#N)C(=O)c1ccccc1C(C)(C)C. The van der Waals surface area contributed by atoms with Gasteiger partial charge in [-0.2, -0.15) is 5.26 Å². The summed E-state index contributed by atoms with van der Waals surface area (Å²) in [4.78, 5) is 14.5. The molecule has 3 nitrogen and oxygen atoms in total. The van der Waals surface area contributed by atoms with Crippen molar-refractivity contribution in [2.75, 3.05) is 13.1 Å². The van der Waals surface area contributed by atoms with Gasteiger partial charge in [-0.25, -0.2) is 0 Å². The Bertz CT molecular complexity index is 508. The molecule has 0 heterocycles. The number of rotatable bonds is 4. The third-order valence-electron chi connectivity index (χ3n) is 3.35. The number of carbonyl (C=O) groups is 1. The summed E-state index contributed by atoms with van der Waals surface area (Å²) in [5.74, 6) is -0.138. The van der Waals surface area contributed by atoms with Crippen LogP contribution in [0.5, 0.6) is 0 Å². The van der Waals surface area contributed by atoms with Crippen LogP contribution in [0.3, 0.4) is 0 Å². The van der Waals surface area contributed by atoms with Crippen molar-refractivity contribution in [3.8, 4) is 6.07 Å². The van der Waals surface area contributed by atoms with Crippen molar-refractivity contribution in [3.63, 3.8) is 0 Å². The summed E-state index contributed by atoms with van der Waals surface area (Å²) < 4.78 is 0. The van der Waals surface area contributed by atoms with Gasteiger partial charge in [-0.05, 0) is 30.9 Å². The van der Waals surface area contributed by atoms with E-state index in [1.54, 1.807) is 4.90 Å². The average molecular weight is 272 g/mol. The maximum absolute atomic E-state index is 12.7. The van der Waals surface area contributed by atoms with Crippen molar-refractivity contribution in [1.29, 1.82) is 5.26 Å². The predicted molar refractivity (Wildman–Crippen MR) is 81.5 cm³/mol. The van der Waals surface area contributed by atoms with Gasteiger partial charge in [0.15, 0.2) is 0 Å². The van der Waals surface area contributed by atoms with E-state index in [2.05, 4.69) is 26.8 Å². The molecule has 108 valence electrons. The highest BCUT2D eigenvalue weighted by Crippen LogP contribution is 2.26. The van der Waals surface area contributed by atoms with Crippen molar-refractivity contribution >= 4 is 5.91 Å². The fourth-order valence-electron chi connectivity index (χ4n) is 2.22. The van der Waals surface area contributed by atoms with Crippen LogP contribution >= 0.6 is 0 Å². The van der Waals surface area contributed by atoms with Crippen LogP contribution < -0.4 is 0 Å². The Morgan fingerprint density at radius 1 is 1.35 bits per heavy atom. The maximum atomic E-state index is 12.7. The molecule has 0 bridgehead atoms. The fraction of sp³-hybridized carbons (Fsp3) is 0.529. The van der Waals surface area contributed by atoms with E-state index < -0.39 is 0 Å². The molecule has 1 unspecified atom stereocenters. The van der Waals surface area contributed by atoms with Gasteiger partial charge in [-0.1, -0.05) is 39.0 Å². The quantitative estimate of drug-likeness (QED) is 0.840. The number of hydrogen-bond donors (Lipinski definition) is 0. The molecular weight excluding hydrogens is 248 g/mol. The van der Waals surface area contributed by atoms with Crippen LogP contribution in [-0.2, 0) is 5.41 Å². The summed E-state index contributed by atoms with van der Waals surface area (Å²) in [5, 5.41) is 8.93. The molecule has 1 rings (SSSR count). The lowest BCUT2D eigenvalue weighted by molar-refractivity contribution is 0.0750. The zero-order valence-corrected chi connectivity index (χ0v) is 13.1. The Balaban J connectivity index is 3.11. The first-order valence-electron chi connectivity index (χ1n) is 7.09. The third kappa shape index (κ3) is 3.84. The van der Waals surface area contributed by atoms with E-state index in [9.17, 15) is 4.79 Å². The molecule has 0 aliphatic heterocycles. The predicted octanol–water partition coefficient (Wildman–Crippen LogP) is 3.61. The number of benzene rings is 1. The number of nitriles is 1. The summed E-state index contributed by atoms with van der Waals surface area (Å²) in [6.45, 7) is 11.2. The second kappa shape index (κ2) is 6.56. The fourth-order valence-corrected chi connectivity index (χ4v) is 2.22. The summed E-state index contributed by atoms with van der Waals surface area (Å²) in [6.07, 6.45) is 0. The van der Waals surface area contributed by atoms with Gasteiger partial charge in [-0.3, -0.25) is 4.79 Å². The van der Waals surface area contributed by atoms with E-state index in [4.69, 9.17) is 5.26 Å². The van der Waals surface area contributed by atoms with Crippen molar-refractivity contribution in [3.05, 3.63) is 35.4 Å². The Hall–Kier alpha value is -1.82. The maximum Gasteiger partial charge on any atom is 0.254 e. The van der Waals surface area contributed by atoms with E-state index in [0.29, 0.717) is 13.1 Å². The van der Waals surface area contributed by atoms with E-state index >= 15 is 0 Å². The van der Waals surface area contributed by atoms with Crippen LogP contribution in [0.1, 0.15) is 50.5 Å². The first-order chi connectivity index (χ1) is 9.31. The molecule has 0 fully saturated rings. The lowest BCUT2D eigenvalue weighted by atomic mass is 9.83. The molecule has 1 aromatic carbocycles. The average Bonchev–Trinajstić information content (AvgIpc) is 2.42. The standard InChI is InChI=1S/C17H24N2O/c1-6-19(12-13(2)11-18)16(20)14-9-7-8-10-15(14)17(3,4)5/h7-10,13H,6,12H2,1-5H3. The minimum absolute atomic E-state index is 0.0140. The van der Waals surface area contributed by atoms with E-state index in [1.165, 1.54) is 0 Å². The molecule has 0 aromatic heterocycles. The minimum atomic E-state index is -0.152. The Morgan fingerprint density at radius 3 is 2.45 bits per heavy atom. The first-order valence-corrected chi connectivity index (χ1v) is 7.09. The molecule has 0 saturated heterocycles. The van der Waals surface area contributed by atoms with Gasteiger partial charge in [0.05, 0.1) is 12.0 Å². The molecular formula is C17H24N2O.